The molecule has 0 saturated heterocycles. The van der Waals surface area contributed by atoms with E-state index in [1.54, 1.807) is 19.1 Å². The van der Waals surface area contributed by atoms with Crippen LogP contribution in [-0.2, 0) is 9.59 Å². The minimum absolute atomic E-state index is 0.00161. The Kier molecular flexibility index (Phi) is 5.05. The Labute approximate surface area is 110 Å². The third-order valence-electron chi connectivity index (χ3n) is 2.49. The monoisotopic (exact) mass is 265 g/mol. The van der Waals surface area contributed by atoms with E-state index in [4.69, 9.17) is 10.2 Å². The van der Waals surface area contributed by atoms with E-state index in [9.17, 15) is 14.4 Å². The maximum absolute atomic E-state index is 11.7. The van der Waals surface area contributed by atoms with Crippen LogP contribution >= 0.6 is 0 Å². The lowest BCUT2D eigenvalue weighted by Crippen LogP contribution is -2.18. The third kappa shape index (κ3) is 4.79. The summed E-state index contributed by atoms with van der Waals surface area (Å²) >= 11 is 0. The van der Waals surface area contributed by atoms with Gasteiger partial charge in [-0.1, -0.05) is 19.1 Å². The largest absolute Gasteiger partial charge is 0.481 e. The summed E-state index contributed by atoms with van der Waals surface area (Å²) in [4.78, 5) is 33.1. The number of carbonyl (C=O) groups is 3. The molecule has 0 heterocycles. The molecule has 0 aliphatic carbocycles. The van der Waals surface area contributed by atoms with E-state index in [0.717, 1.165) is 0 Å². The Hall–Kier alpha value is -2.37. The van der Waals surface area contributed by atoms with Gasteiger partial charge in [0.15, 0.2) is 0 Å². The normalized spacial score (nSPS) is 11.6. The van der Waals surface area contributed by atoms with E-state index in [1.165, 1.54) is 12.1 Å². The van der Waals surface area contributed by atoms with Crippen molar-refractivity contribution in [2.45, 2.75) is 19.8 Å². The van der Waals surface area contributed by atoms with Crippen LogP contribution < -0.4 is 5.32 Å². The predicted molar refractivity (Wildman–Crippen MR) is 68.1 cm³/mol. The van der Waals surface area contributed by atoms with Crippen LogP contribution in [0, 0.1) is 5.92 Å². The second-order valence-corrected chi connectivity index (χ2v) is 4.31. The summed E-state index contributed by atoms with van der Waals surface area (Å²) < 4.78 is 0. The molecule has 0 aliphatic heterocycles. The summed E-state index contributed by atoms with van der Waals surface area (Å²) in [6.07, 6.45) is -0.0751. The van der Waals surface area contributed by atoms with Crippen LogP contribution in [0.3, 0.4) is 0 Å². The molecule has 0 unspecified atom stereocenters. The van der Waals surface area contributed by atoms with Crippen LogP contribution in [0.15, 0.2) is 24.3 Å². The molecule has 102 valence electrons. The summed E-state index contributed by atoms with van der Waals surface area (Å²) in [6, 6.07) is 6.05. The van der Waals surface area contributed by atoms with Gasteiger partial charge in [-0.15, -0.1) is 0 Å². The highest BCUT2D eigenvalue weighted by molar-refractivity contribution is 6.00. The van der Waals surface area contributed by atoms with Gasteiger partial charge >= 0.3 is 11.9 Å². The number of anilines is 1. The summed E-state index contributed by atoms with van der Waals surface area (Å²) in [6.45, 7) is 1.65. The summed E-state index contributed by atoms with van der Waals surface area (Å²) in [5, 5.41) is 20.0. The molecule has 3 N–H and O–H groups in total. The van der Waals surface area contributed by atoms with Gasteiger partial charge in [0.1, 0.15) is 0 Å². The first-order valence-corrected chi connectivity index (χ1v) is 5.74. The molecular formula is C13H15NO5. The first-order chi connectivity index (χ1) is 8.90. The van der Waals surface area contributed by atoms with Crippen molar-refractivity contribution in [1.29, 1.82) is 0 Å². The molecule has 0 bridgehead atoms. The fourth-order valence-corrected chi connectivity index (χ4v) is 1.67. The topological polar surface area (TPSA) is 104 Å². The van der Waals surface area contributed by atoms with Gasteiger partial charge < -0.3 is 15.5 Å². The van der Waals surface area contributed by atoms with Crippen molar-refractivity contribution in [2.24, 2.45) is 5.92 Å². The summed E-state index contributed by atoms with van der Waals surface area (Å²) in [5.74, 6) is -2.81. The molecule has 1 atom stereocenters. The molecule has 0 aromatic heterocycles. The smallest absolute Gasteiger partial charge is 0.337 e. The lowest BCUT2D eigenvalue weighted by molar-refractivity contribution is -0.138. The SMILES string of the molecule is C[C@@H](CC(=O)O)CC(=O)Nc1ccccc1C(=O)O. The van der Waals surface area contributed by atoms with Crippen LogP contribution in [0.5, 0.6) is 0 Å². The van der Waals surface area contributed by atoms with Crippen LogP contribution in [0.2, 0.25) is 0 Å². The van der Waals surface area contributed by atoms with Gasteiger partial charge in [-0.2, -0.15) is 0 Å². The molecular weight excluding hydrogens is 250 g/mol. The lowest BCUT2D eigenvalue weighted by Gasteiger charge is -2.11. The second-order valence-electron chi connectivity index (χ2n) is 4.31. The predicted octanol–water partition coefficient (Wildman–Crippen LogP) is 1.82. The van der Waals surface area contributed by atoms with E-state index in [-0.39, 0.29) is 30.0 Å². The number of rotatable bonds is 6. The maximum Gasteiger partial charge on any atom is 0.337 e. The molecule has 0 spiro atoms. The van der Waals surface area contributed by atoms with Crippen LogP contribution in [-0.4, -0.2) is 28.1 Å². The Morgan fingerprint density at radius 3 is 2.37 bits per heavy atom. The van der Waals surface area contributed by atoms with Gasteiger partial charge in [0, 0.05) is 12.8 Å². The Bertz CT molecular complexity index is 498. The number of carbonyl (C=O) groups excluding carboxylic acids is 1. The van der Waals surface area contributed by atoms with Crippen molar-refractivity contribution < 1.29 is 24.6 Å². The Morgan fingerprint density at radius 1 is 1.16 bits per heavy atom. The molecule has 0 radical (unpaired) electrons. The number of amides is 1. The van der Waals surface area contributed by atoms with E-state index in [1.807, 2.05) is 0 Å². The number of hydrogen-bond donors (Lipinski definition) is 3. The highest BCUT2D eigenvalue weighted by atomic mass is 16.4. The zero-order valence-electron chi connectivity index (χ0n) is 10.4. The first kappa shape index (κ1) is 14.7. The van der Waals surface area contributed by atoms with E-state index in [2.05, 4.69) is 5.32 Å². The zero-order valence-corrected chi connectivity index (χ0v) is 10.4. The number of aromatic carboxylic acids is 1. The summed E-state index contributed by atoms with van der Waals surface area (Å²) in [5.41, 5.74) is 0.212. The number of carboxylic acids is 2. The molecule has 0 saturated carbocycles. The number of para-hydroxylation sites is 1. The fourth-order valence-electron chi connectivity index (χ4n) is 1.67. The van der Waals surface area contributed by atoms with Crippen molar-refractivity contribution in [1.82, 2.24) is 0 Å². The minimum Gasteiger partial charge on any atom is -0.481 e. The molecule has 0 fully saturated rings. The van der Waals surface area contributed by atoms with Gasteiger partial charge in [-0.3, -0.25) is 9.59 Å². The number of carboxylic acid groups (broad SMARTS) is 2. The standard InChI is InChI=1S/C13H15NO5/c1-8(7-12(16)17)6-11(15)14-10-5-3-2-4-9(10)13(18)19/h2-5,8H,6-7H2,1H3,(H,14,15)(H,16,17)(H,18,19)/t8-/m1/s1. The van der Waals surface area contributed by atoms with Crippen molar-refractivity contribution in [2.75, 3.05) is 5.32 Å². The van der Waals surface area contributed by atoms with E-state index in [0.29, 0.717) is 0 Å². The number of hydrogen-bond acceptors (Lipinski definition) is 3. The van der Waals surface area contributed by atoms with Gasteiger partial charge in [-0.05, 0) is 18.1 Å². The highest BCUT2D eigenvalue weighted by Gasteiger charge is 2.15. The Balaban J connectivity index is 2.67. The average molecular weight is 265 g/mol. The summed E-state index contributed by atoms with van der Waals surface area (Å²) in [7, 11) is 0. The number of nitrogens with one attached hydrogen (secondary N) is 1. The first-order valence-electron chi connectivity index (χ1n) is 5.74. The second kappa shape index (κ2) is 6.53. The van der Waals surface area contributed by atoms with Gasteiger partial charge in [0.05, 0.1) is 11.3 Å². The lowest BCUT2D eigenvalue weighted by atomic mass is 10.0. The van der Waals surface area contributed by atoms with E-state index < -0.39 is 17.8 Å². The molecule has 1 aromatic carbocycles. The number of benzene rings is 1. The highest BCUT2D eigenvalue weighted by Crippen LogP contribution is 2.16. The number of aliphatic carboxylic acids is 1. The fraction of sp³-hybridized carbons (Fsp3) is 0.308. The van der Waals surface area contributed by atoms with Crippen molar-refractivity contribution in [3.05, 3.63) is 29.8 Å². The van der Waals surface area contributed by atoms with Crippen LogP contribution in [0.25, 0.3) is 0 Å². The van der Waals surface area contributed by atoms with Gasteiger partial charge in [-0.25, -0.2) is 4.79 Å². The zero-order chi connectivity index (χ0) is 14.4. The van der Waals surface area contributed by atoms with Crippen molar-refractivity contribution in [3.63, 3.8) is 0 Å². The molecule has 6 heteroatoms. The van der Waals surface area contributed by atoms with Crippen LogP contribution in [0.4, 0.5) is 5.69 Å². The maximum atomic E-state index is 11.7. The van der Waals surface area contributed by atoms with Crippen molar-refractivity contribution >= 4 is 23.5 Å². The van der Waals surface area contributed by atoms with Crippen LogP contribution in [0.1, 0.15) is 30.1 Å². The quantitative estimate of drug-likeness (QED) is 0.727. The van der Waals surface area contributed by atoms with Gasteiger partial charge in [0.2, 0.25) is 5.91 Å². The van der Waals surface area contributed by atoms with Crippen molar-refractivity contribution in [3.8, 4) is 0 Å². The molecule has 6 nitrogen and oxygen atoms in total. The minimum atomic E-state index is -1.13. The average Bonchev–Trinajstić information content (AvgIpc) is 2.27. The third-order valence-corrected chi connectivity index (χ3v) is 2.49. The van der Waals surface area contributed by atoms with Gasteiger partial charge in [0.25, 0.3) is 0 Å². The molecule has 19 heavy (non-hydrogen) atoms. The molecule has 1 rings (SSSR count). The molecule has 1 amide bonds. The van der Waals surface area contributed by atoms with E-state index >= 15 is 0 Å². The Morgan fingerprint density at radius 2 is 1.79 bits per heavy atom. The molecule has 1 aromatic rings. The molecule has 0 aliphatic rings.